The lowest BCUT2D eigenvalue weighted by atomic mass is 10.1. The Balaban J connectivity index is 2.34. The monoisotopic (exact) mass is 278 g/mol. The van der Waals surface area contributed by atoms with Crippen LogP contribution >= 0.6 is 0 Å². The molecule has 6 heteroatoms. The molecule has 0 radical (unpaired) electrons. The normalized spacial score (nSPS) is 13.3. The summed E-state index contributed by atoms with van der Waals surface area (Å²) in [6, 6.07) is 6.70. The van der Waals surface area contributed by atoms with Gasteiger partial charge < -0.3 is 14.6 Å². The molecule has 0 saturated carbocycles. The molecule has 1 unspecified atom stereocenters. The maximum absolute atomic E-state index is 11.9. The first kappa shape index (κ1) is 15.8. The van der Waals surface area contributed by atoms with Gasteiger partial charge in [0.05, 0.1) is 26.2 Å². The van der Waals surface area contributed by atoms with Crippen LogP contribution in [0, 0.1) is 0 Å². The fraction of sp³-hybridized carbons (Fsp3) is 0.538. The molecule has 1 atom stereocenters. The van der Waals surface area contributed by atoms with E-state index in [4.69, 9.17) is 9.47 Å². The Hall–Kier alpha value is -1.27. The number of halogens is 3. The number of hydrogen-bond donors (Lipinski definition) is 1. The summed E-state index contributed by atoms with van der Waals surface area (Å²) in [6.07, 6.45) is -6.18. The quantitative estimate of drug-likeness (QED) is 0.779. The molecule has 0 aliphatic rings. The van der Waals surface area contributed by atoms with Gasteiger partial charge >= 0.3 is 6.18 Å². The molecular weight excluding hydrogens is 261 g/mol. The molecule has 0 saturated heterocycles. The summed E-state index contributed by atoms with van der Waals surface area (Å²) < 4.78 is 45.6. The fourth-order valence-corrected chi connectivity index (χ4v) is 1.43. The summed E-state index contributed by atoms with van der Waals surface area (Å²) in [5, 5.41) is 9.72. The van der Waals surface area contributed by atoms with Gasteiger partial charge in [-0.2, -0.15) is 13.2 Å². The minimum atomic E-state index is -4.23. The van der Waals surface area contributed by atoms with Crippen molar-refractivity contribution in [2.75, 3.05) is 19.8 Å². The minimum Gasteiger partial charge on any atom is -0.494 e. The third-order valence-electron chi connectivity index (χ3n) is 2.38. The molecule has 0 aromatic heterocycles. The molecule has 0 fully saturated rings. The first-order chi connectivity index (χ1) is 8.92. The van der Waals surface area contributed by atoms with E-state index in [-0.39, 0.29) is 6.61 Å². The highest BCUT2D eigenvalue weighted by Gasteiger charge is 2.26. The molecule has 1 aromatic carbocycles. The van der Waals surface area contributed by atoms with Crippen LogP contribution in [-0.4, -0.2) is 31.1 Å². The van der Waals surface area contributed by atoms with Crippen molar-refractivity contribution in [3.05, 3.63) is 29.8 Å². The second-order valence-corrected chi connectivity index (χ2v) is 3.96. The van der Waals surface area contributed by atoms with Crippen LogP contribution in [0.4, 0.5) is 13.2 Å². The molecule has 108 valence electrons. The zero-order valence-electron chi connectivity index (χ0n) is 10.6. The zero-order chi connectivity index (χ0) is 14.3. The van der Waals surface area contributed by atoms with Crippen LogP contribution in [0.5, 0.6) is 5.75 Å². The van der Waals surface area contributed by atoms with Crippen molar-refractivity contribution in [1.29, 1.82) is 0 Å². The Labute approximate surface area is 110 Å². The molecule has 1 aromatic rings. The molecule has 1 N–H and O–H groups in total. The lowest BCUT2D eigenvalue weighted by Gasteiger charge is -2.13. The van der Waals surface area contributed by atoms with Crippen LogP contribution in [0.25, 0.3) is 0 Å². The Bertz CT molecular complexity index is 362. The number of alkyl halides is 3. The van der Waals surface area contributed by atoms with Crippen LogP contribution in [0.15, 0.2) is 24.3 Å². The molecule has 0 aliphatic carbocycles. The molecule has 19 heavy (non-hydrogen) atoms. The predicted octanol–water partition coefficient (Wildman–Crippen LogP) is 3.09. The number of benzene rings is 1. The Morgan fingerprint density at radius 2 is 1.84 bits per heavy atom. The third kappa shape index (κ3) is 6.45. The van der Waals surface area contributed by atoms with Crippen LogP contribution in [0.3, 0.4) is 0 Å². The first-order valence-electron chi connectivity index (χ1n) is 5.97. The van der Waals surface area contributed by atoms with E-state index in [2.05, 4.69) is 0 Å². The van der Waals surface area contributed by atoms with Crippen molar-refractivity contribution in [1.82, 2.24) is 0 Å². The van der Waals surface area contributed by atoms with Crippen molar-refractivity contribution in [2.45, 2.75) is 25.6 Å². The fourth-order valence-electron chi connectivity index (χ4n) is 1.43. The van der Waals surface area contributed by atoms with Gasteiger partial charge in [-0.25, -0.2) is 0 Å². The maximum Gasteiger partial charge on any atom is 0.391 e. The number of aliphatic hydroxyl groups is 1. The van der Waals surface area contributed by atoms with E-state index in [1.54, 1.807) is 24.3 Å². The van der Waals surface area contributed by atoms with Crippen molar-refractivity contribution in [3.8, 4) is 5.75 Å². The summed E-state index contributed by atoms with van der Waals surface area (Å²) in [4.78, 5) is 0. The van der Waals surface area contributed by atoms with Crippen LogP contribution in [0.1, 0.15) is 25.0 Å². The van der Waals surface area contributed by atoms with Gasteiger partial charge in [-0.1, -0.05) is 12.1 Å². The van der Waals surface area contributed by atoms with Gasteiger partial charge in [-0.15, -0.1) is 0 Å². The highest BCUT2D eigenvalue weighted by Crippen LogP contribution is 2.21. The summed E-state index contributed by atoms with van der Waals surface area (Å²) >= 11 is 0. The summed E-state index contributed by atoms with van der Waals surface area (Å²) in [5.41, 5.74) is 0.579. The molecule has 0 amide bonds. The van der Waals surface area contributed by atoms with E-state index in [0.717, 1.165) is 0 Å². The van der Waals surface area contributed by atoms with Crippen LogP contribution in [-0.2, 0) is 4.74 Å². The van der Waals surface area contributed by atoms with Gasteiger partial charge in [0.15, 0.2) is 0 Å². The van der Waals surface area contributed by atoms with E-state index in [0.29, 0.717) is 17.9 Å². The van der Waals surface area contributed by atoms with Crippen molar-refractivity contribution >= 4 is 0 Å². The number of hydrogen-bond acceptors (Lipinski definition) is 3. The van der Waals surface area contributed by atoms with E-state index in [1.165, 1.54) is 0 Å². The average molecular weight is 278 g/mol. The number of rotatable bonds is 7. The number of ether oxygens (including phenoxy) is 2. The average Bonchev–Trinajstić information content (AvgIpc) is 2.34. The molecular formula is C13H17F3O3. The van der Waals surface area contributed by atoms with Gasteiger partial charge in [-0.3, -0.25) is 0 Å². The van der Waals surface area contributed by atoms with Crippen molar-refractivity contribution in [3.63, 3.8) is 0 Å². The second kappa shape index (κ2) is 7.35. The first-order valence-corrected chi connectivity index (χ1v) is 5.97. The lowest BCUT2D eigenvalue weighted by molar-refractivity contribution is -0.147. The molecule has 0 aliphatic heterocycles. The lowest BCUT2D eigenvalue weighted by Crippen LogP contribution is -2.14. The Kier molecular flexibility index (Phi) is 6.11. The van der Waals surface area contributed by atoms with Crippen molar-refractivity contribution < 1.29 is 27.8 Å². The SMILES string of the molecule is CCOc1ccc(C(O)COCCC(F)(F)F)cc1. The van der Waals surface area contributed by atoms with Crippen LogP contribution in [0.2, 0.25) is 0 Å². The van der Waals surface area contributed by atoms with E-state index in [9.17, 15) is 18.3 Å². The van der Waals surface area contributed by atoms with E-state index >= 15 is 0 Å². The molecule has 0 heterocycles. The van der Waals surface area contributed by atoms with E-state index < -0.39 is 25.3 Å². The van der Waals surface area contributed by atoms with Gasteiger partial charge in [0.1, 0.15) is 11.9 Å². The van der Waals surface area contributed by atoms with Gasteiger partial charge in [-0.05, 0) is 24.6 Å². The molecule has 1 rings (SSSR count). The standard InChI is InChI=1S/C13H17F3O3/c1-2-19-11-5-3-10(4-6-11)12(17)9-18-8-7-13(14,15)16/h3-6,12,17H,2,7-9H2,1H3. The smallest absolute Gasteiger partial charge is 0.391 e. The summed E-state index contributed by atoms with van der Waals surface area (Å²) in [6.45, 7) is 1.79. The predicted molar refractivity (Wildman–Crippen MR) is 64.1 cm³/mol. The highest BCUT2D eigenvalue weighted by molar-refractivity contribution is 5.28. The Morgan fingerprint density at radius 3 is 2.37 bits per heavy atom. The largest absolute Gasteiger partial charge is 0.494 e. The molecule has 0 bridgehead atoms. The van der Waals surface area contributed by atoms with Crippen LogP contribution < -0.4 is 4.74 Å². The maximum atomic E-state index is 11.9. The Morgan fingerprint density at radius 1 is 1.21 bits per heavy atom. The molecule has 3 nitrogen and oxygen atoms in total. The topological polar surface area (TPSA) is 38.7 Å². The zero-order valence-corrected chi connectivity index (χ0v) is 10.6. The van der Waals surface area contributed by atoms with E-state index in [1.807, 2.05) is 6.92 Å². The van der Waals surface area contributed by atoms with Gasteiger partial charge in [0.2, 0.25) is 0 Å². The van der Waals surface area contributed by atoms with Gasteiger partial charge in [0.25, 0.3) is 0 Å². The number of aliphatic hydroxyl groups excluding tert-OH is 1. The van der Waals surface area contributed by atoms with Gasteiger partial charge in [0, 0.05) is 0 Å². The second-order valence-electron chi connectivity index (χ2n) is 3.96. The van der Waals surface area contributed by atoms with Crippen molar-refractivity contribution in [2.24, 2.45) is 0 Å². The minimum absolute atomic E-state index is 0.163. The summed E-state index contributed by atoms with van der Waals surface area (Å²) in [5.74, 6) is 0.677. The third-order valence-corrected chi connectivity index (χ3v) is 2.38. The molecule has 0 spiro atoms. The highest BCUT2D eigenvalue weighted by atomic mass is 19.4. The summed E-state index contributed by atoms with van der Waals surface area (Å²) in [7, 11) is 0.